The minimum absolute atomic E-state index is 0.312. The molecule has 1 aromatic rings. The van der Waals surface area contributed by atoms with Gasteiger partial charge < -0.3 is 5.11 Å². The topological polar surface area (TPSA) is 58.4 Å². The summed E-state index contributed by atoms with van der Waals surface area (Å²) in [4.78, 5) is 13.3. The molecule has 17 heavy (non-hydrogen) atoms. The summed E-state index contributed by atoms with van der Waals surface area (Å²) in [5.74, 6) is -0.688. The Bertz CT molecular complexity index is 351. The number of hydrogen-bond donors (Lipinski definition) is 1. The summed E-state index contributed by atoms with van der Waals surface area (Å²) in [6, 6.07) is 1.57. The van der Waals surface area contributed by atoms with Crippen LogP contribution in [0.4, 0.5) is 0 Å². The predicted molar refractivity (Wildman–Crippen MR) is 63.7 cm³/mol. The van der Waals surface area contributed by atoms with E-state index in [0.717, 1.165) is 45.3 Å². The van der Waals surface area contributed by atoms with Crippen LogP contribution in [0, 0.1) is 0 Å². The van der Waals surface area contributed by atoms with E-state index >= 15 is 0 Å². The number of hydrogen-bond acceptors (Lipinski definition) is 3. The van der Waals surface area contributed by atoms with Crippen LogP contribution in [0.2, 0.25) is 0 Å². The Kier molecular flexibility index (Phi) is 4.14. The van der Waals surface area contributed by atoms with Gasteiger partial charge in [-0.15, -0.1) is 0 Å². The maximum Gasteiger partial charge on any atom is 0.320 e. The first kappa shape index (κ1) is 12.1. The molecule has 5 nitrogen and oxygen atoms in total. The zero-order valence-corrected chi connectivity index (χ0v) is 9.96. The molecule has 2 rings (SSSR count). The number of carboxylic acid groups (broad SMARTS) is 1. The van der Waals surface area contributed by atoms with Gasteiger partial charge in [0.05, 0.1) is 6.54 Å². The van der Waals surface area contributed by atoms with Crippen molar-refractivity contribution in [2.45, 2.75) is 38.3 Å². The van der Waals surface area contributed by atoms with Crippen molar-refractivity contribution in [2.75, 3.05) is 13.1 Å². The molecule has 1 fully saturated rings. The molecule has 1 aromatic heterocycles. The van der Waals surface area contributed by atoms with E-state index in [1.165, 1.54) is 0 Å². The number of aliphatic carboxylic acids is 1. The standard InChI is InChI=1S/C12H19N3O2/c16-12(17)11-5-2-1-3-7-14(11)9-10-15-8-4-6-13-15/h4,6,8,11H,1-3,5,7,9-10H2,(H,16,17). The van der Waals surface area contributed by atoms with Gasteiger partial charge in [-0.25, -0.2) is 0 Å². The normalized spacial score (nSPS) is 22.2. The molecule has 0 amide bonds. The van der Waals surface area contributed by atoms with Crippen LogP contribution in [-0.2, 0) is 11.3 Å². The number of carbonyl (C=O) groups is 1. The third kappa shape index (κ3) is 3.30. The molecular weight excluding hydrogens is 218 g/mol. The average molecular weight is 237 g/mol. The van der Waals surface area contributed by atoms with Crippen LogP contribution < -0.4 is 0 Å². The summed E-state index contributed by atoms with van der Waals surface area (Å²) < 4.78 is 1.85. The molecule has 0 aliphatic carbocycles. The van der Waals surface area contributed by atoms with Crippen LogP contribution in [0.3, 0.4) is 0 Å². The van der Waals surface area contributed by atoms with E-state index in [1.54, 1.807) is 6.20 Å². The minimum atomic E-state index is -0.688. The minimum Gasteiger partial charge on any atom is -0.480 e. The van der Waals surface area contributed by atoms with Gasteiger partial charge in [0, 0.05) is 18.9 Å². The second-order valence-corrected chi connectivity index (χ2v) is 4.51. The summed E-state index contributed by atoms with van der Waals surface area (Å²) in [7, 11) is 0. The summed E-state index contributed by atoms with van der Waals surface area (Å²) in [5, 5.41) is 13.4. The first-order chi connectivity index (χ1) is 8.27. The van der Waals surface area contributed by atoms with E-state index in [0.29, 0.717) is 0 Å². The monoisotopic (exact) mass is 237 g/mol. The van der Waals surface area contributed by atoms with Crippen LogP contribution in [0.15, 0.2) is 18.5 Å². The first-order valence-corrected chi connectivity index (χ1v) is 6.21. The average Bonchev–Trinajstić information content (AvgIpc) is 2.70. The molecule has 0 saturated carbocycles. The fraction of sp³-hybridized carbons (Fsp3) is 0.667. The maximum absolute atomic E-state index is 11.2. The van der Waals surface area contributed by atoms with E-state index in [1.807, 2.05) is 16.9 Å². The smallest absolute Gasteiger partial charge is 0.320 e. The lowest BCUT2D eigenvalue weighted by atomic mass is 10.1. The van der Waals surface area contributed by atoms with Crippen molar-refractivity contribution in [3.05, 3.63) is 18.5 Å². The van der Waals surface area contributed by atoms with Gasteiger partial charge >= 0.3 is 5.97 Å². The molecule has 0 aromatic carbocycles. The summed E-state index contributed by atoms with van der Waals surface area (Å²) in [5.41, 5.74) is 0. The Hall–Kier alpha value is -1.36. The second kappa shape index (κ2) is 5.82. The molecule has 1 unspecified atom stereocenters. The van der Waals surface area contributed by atoms with Gasteiger partial charge in [0.1, 0.15) is 6.04 Å². The van der Waals surface area contributed by atoms with Crippen LogP contribution in [0.5, 0.6) is 0 Å². The zero-order chi connectivity index (χ0) is 12.1. The number of nitrogens with zero attached hydrogens (tertiary/aromatic N) is 3. The van der Waals surface area contributed by atoms with Crippen molar-refractivity contribution in [1.82, 2.24) is 14.7 Å². The van der Waals surface area contributed by atoms with Crippen molar-refractivity contribution in [2.24, 2.45) is 0 Å². The Balaban J connectivity index is 1.93. The van der Waals surface area contributed by atoms with E-state index in [4.69, 9.17) is 0 Å². The molecule has 0 radical (unpaired) electrons. The lowest BCUT2D eigenvalue weighted by Crippen LogP contribution is -2.42. The van der Waals surface area contributed by atoms with Crippen molar-refractivity contribution >= 4 is 5.97 Å². The molecule has 5 heteroatoms. The molecule has 0 bridgehead atoms. The van der Waals surface area contributed by atoms with E-state index in [-0.39, 0.29) is 6.04 Å². The highest BCUT2D eigenvalue weighted by atomic mass is 16.4. The summed E-state index contributed by atoms with van der Waals surface area (Å²) in [6.45, 7) is 2.41. The SMILES string of the molecule is O=C(O)C1CCCCCN1CCn1cccn1. The molecule has 1 aliphatic heterocycles. The highest BCUT2D eigenvalue weighted by Gasteiger charge is 2.26. The van der Waals surface area contributed by atoms with E-state index < -0.39 is 5.97 Å². The van der Waals surface area contributed by atoms with Gasteiger partial charge in [-0.05, 0) is 25.5 Å². The lowest BCUT2D eigenvalue weighted by Gasteiger charge is -2.26. The molecule has 1 aliphatic rings. The zero-order valence-electron chi connectivity index (χ0n) is 9.96. The lowest BCUT2D eigenvalue weighted by molar-refractivity contribution is -0.143. The van der Waals surface area contributed by atoms with Gasteiger partial charge in [0.25, 0.3) is 0 Å². The molecular formula is C12H19N3O2. The van der Waals surface area contributed by atoms with Crippen molar-refractivity contribution in [1.29, 1.82) is 0 Å². The fourth-order valence-corrected chi connectivity index (χ4v) is 2.38. The van der Waals surface area contributed by atoms with Crippen LogP contribution in [0.1, 0.15) is 25.7 Å². The van der Waals surface area contributed by atoms with Crippen LogP contribution in [0.25, 0.3) is 0 Å². The highest BCUT2D eigenvalue weighted by molar-refractivity contribution is 5.73. The van der Waals surface area contributed by atoms with Gasteiger partial charge in [0.2, 0.25) is 0 Å². The Morgan fingerprint density at radius 3 is 2.94 bits per heavy atom. The fourth-order valence-electron chi connectivity index (χ4n) is 2.38. The number of rotatable bonds is 4. The summed E-state index contributed by atoms with van der Waals surface area (Å²) >= 11 is 0. The third-order valence-corrected chi connectivity index (χ3v) is 3.32. The van der Waals surface area contributed by atoms with Crippen molar-refractivity contribution in [3.8, 4) is 0 Å². The predicted octanol–water partition coefficient (Wildman–Crippen LogP) is 1.21. The summed E-state index contributed by atoms with van der Waals surface area (Å²) in [6.07, 6.45) is 7.69. The van der Waals surface area contributed by atoms with E-state index in [2.05, 4.69) is 10.00 Å². The Morgan fingerprint density at radius 1 is 1.35 bits per heavy atom. The van der Waals surface area contributed by atoms with Gasteiger partial charge in [0.15, 0.2) is 0 Å². The maximum atomic E-state index is 11.2. The van der Waals surface area contributed by atoms with Crippen molar-refractivity contribution in [3.63, 3.8) is 0 Å². The molecule has 1 N–H and O–H groups in total. The van der Waals surface area contributed by atoms with Crippen LogP contribution in [-0.4, -0.2) is 44.9 Å². The molecule has 0 spiro atoms. The third-order valence-electron chi connectivity index (χ3n) is 3.32. The molecule has 1 saturated heterocycles. The highest BCUT2D eigenvalue weighted by Crippen LogP contribution is 2.16. The molecule has 94 valence electrons. The van der Waals surface area contributed by atoms with Gasteiger partial charge in [-0.2, -0.15) is 5.10 Å². The molecule has 2 heterocycles. The first-order valence-electron chi connectivity index (χ1n) is 6.21. The van der Waals surface area contributed by atoms with Crippen molar-refractivity contribution < 1.29 is 9.90 Å². The van der Waals surface area contributed by atoms with Gasteiger partial charge in [-0.3, -0.25) is 14.4 Å². The number of aromatic nitrogens is 2. The van der Waals surface area contributed by atoms with E-state index in [9.17, 15) is 9.90 Å². The largest absolute Gasteiger partial charge is 0.480 e. The Morgan fingerprint density at radius 2 is 2.24 bits per heavy atom. The second-order valence-electron chi connectivity index (χ2n) is 4.51. The Labute approximate surface area is 101 Å². The van der Waals surface area contributed by atoms with Gasteiger partial charge in [-0.1, -0.05) is 12.8 Å². The quantitative estimate of drug-likeness (QED) is 0.855. The number of carboxylic acids is 1. The van der Waals surface area contributed by atoms with Crippen LogP contribution >= 0.6 is 0 Å². The number of likely N-dealkylation sites (tertiary alicyclic amines) is 1. The molecule has 1 atom stereocenters.